The number of amides is 1. The Morgan fingerprint density at radius 2 is 1.50 bits per heavy atom. The summed E-state index contributed by atoms with van der Waals surface area (Å²) < 4.78 is 0. The first-order chi connectivity index (χ1) is 9.54. The van der Waals surface area contributed by atoms with Crippen molar-refractivity contribution in [2.75, 3.05) is 10.6 Å². The molecule has 0 aliphatic heterocycles. The number of anilines is 3. The molecule has 6 heteroatoms. The highest BCUT2D eigenvalue weighted by Gasteiger charge is 2.02. The van der Waals surface area contributed by atoms with Crippen molar-refractivity contribution < 1.29 is 9.59 Å². The van der Waals surface area contributed by atoms with E-state index < -0.39 is 0 Å². The summed E-state index contributed by atoms with van der Waals surface area (Å²) >= 11 is 0. The minimum absolute atomic E-state index is 0.0241. The molecule has 0 atom stereocenters. The van der Waals surface area contributed by atoms with Gasteiger partial charge in [0.05, 0.1) is 0 Å². The molecule has 6 nitrogen and oxygen atoms in total. The van der Waals surface area contributed by atoms with Crippen LogP contribution in [0.2, 0.25) is 0 Å². The van der Waals surface area contributed by atoms with Gasteiger partial charge < -0.3 is 10.6 Å². The van der Waals surface area contributed by atoms with E-state index in [1.165, 1.54) is 13.8 Å². The van der Waals surface area contributed by atoms with Crippen LogP contribution in [0.4, 0.5) is 17.3 Å². The van der Waals surface area contributed by atoms with Crippen LogP contribution in [-0.2, 0) is 4.79 Å². The van der Waals surface area contributed by atoms with Gasteiger partial charge in [-0.1, -0.05) is 0 Å². The fourth-order valence-corrected chi connectivity index (χ4v) is 1.58. The Labute approximate surface area is 116 Å². The van der Waals surface area contributed by atoms with Crippen molar-refractivity contribution in [1.82, 2.24) is 10.2 Å². The van der Waals surface area contributed by atoms with Crippen molar-refractivity contribution >= 4 is 29.0 Å². The Bertz CT molecular complexity index is 621. The average Bonchev–Trinajstić information content (AvgIpc) is 2.41. The Kier molecular flexibility index (Phi) is 4.05. The molecule has 2 rings (SSSR count). The van der Waals surface area contributed by atoms with Gasteiger partial charge in [-0.2, -0.15) is 0 Å². The van der Waals surface area contributed by atoms with Gasteiger partial charge in [-0.15, -0.1) is 10.2 Å². The van der Waals surface area contributed by atoms with Crippen LogP contribution in [0, 0.1) is 0 Å². The number of benzene rings is 1. The van der Waals surface area contributed by atoms with E-state index in [2.05, 4.69) is 20.8 Å². The largest absolute Gasteiger partial charge is 0.339 e. The van der Waals surface area contributed by atoms with E-state index in [0.717, 1.165) is 5.69 Å². The molecular formula is C14H14N4O2. The third kappa shape index (κ3) is 3.61. The smallest absolute Gasteiger partial charge is 0.222 e. The number of hydrogen-bond donors (Lipinski definition) is 2. The molecule has 1 heterocycles. The monoisotopic (exact) mass is 270 g/mol. The standard InChI is InChI=1S/C14H14N4O2/c1-9(19)11-3-5-12(6-4-11)16-14-8-7-13(17-18-14)15-10(2)20/h3-8H,1-2H3,(H,16,18)(H,15,17,20). The quantitative estimate of drug-likeness (QED) is 0.833. The number of hydrogen-bond acceptors (Lipinski definition) is 5. The van der Waals surface area contributed by atoms with Gasteiger partial charge in [-0.05, 0) is 43.3 Å². The highest BCUT2D eigenvalue weighted by Crippen LogP contribution is 2.15. The van der Waals surface area contributed by atoms with Gasteiger partial charge in [0.15, 0.2) is 17.4 Å². The molecule has 1 aromatic heterocycles. The summed E-state index contributed by atoms with van der Waals surface area (Å²) in [5.41, 5.74) is 1.46. The fraction of sp³-hybridized carbons (Fsp3) is 0.143. The van der Waals surface area contributed by atoms with Gasteiger partial charge in [-0.25, -0.2) is 0 Å². The maximum absolute atomic E-state index is 11.2. The van der Waals surface area contributed by atoms with Crippen molar-refractivity contribution in [3.63, 3.8) is 0 Å². The summed E-state index contributed by atoms with van der Waals surface area (Å²) in [6.45, 7) is 2.93. The minimum atomic E-state index is -0.195. The molecule has 2 aromatic rings. The van der Waals surface area contributed by atoms with Crippen LogP contribution >= 0.6 is 0 Å². The molecular weight excluding hydrogens is 256 g/mol. The zero-order chi connectivity index (χ0) is 14.5. The molecule has 1 amide bonds. The number of nitrogens with one attached hydrogen (secondary N) is 2. The van der Waals surface area contributed by atoms with Crippen LogP contribution in [0.15, 0.2) is 36.4 Å². The number of aromatic nitrogens is 2. The van der Waals surface area contributed by atoms with E-state index in [1.54, 1.807) is 36.4 Å². The van der Waals surface area contributed by atoms with Gasteiger partial charge in [-0.3, -0.25) is 9.59 Å². The lowest BCUT2D eigenvalue weighted by Crippen LogP contribution is -2.08. The Morgan fingerprint density at radius 3 is 2.00 bits per heavy atom. The third-order valence-electron chi connectivity index (χ3n) is 2.53. The normalized spacial score (nSPS) is 9.90. The van der Waals surface area contributed by atoms with Crippen LogP contribution in [0.25, 0.3) is 0 Å². The molecule has 0 unspecified atom stereocenters. The topological polar surface area (TPSA) is 84.0 Å². The van der Waals surface area contributed by atoms with Gasteiger partial charge >= 0.3 is 0 Å². The van der Waals surface area contributed by atoms with Crippen LogP contribution in [0.3, 0.4) is 0 Å². The molecule has 0 bridgehead atoms. The van der Waals surface area contributed by atoms with E-state index in [0.29, 0.717) is 17.2 Å². The summed E-state index contributed by atoms with van der Waals surface area (Å²) in [5.74, 6) is 0.778. The van der Waals surface area contributed by atoms with Crippen LogP contribution < -0.4 is 10.6 Å². The number of Topliss-reactive ketones (excluding diaryl/α,β-unsaturated/α-hetero) is 1. The molecule has 1 aromatic carbocycles. The summed E-state index contributed by atoms with van der Waals surface area (Å²) in [6, 6.07) is 10.4. The highest BCUT2D eigenvalue weighted by atomic mass is 16.1. The maximum atomic E-state index is 11.2. The first-order valence-electron chi connectivity index (χ1n) is 6.04. The van der Waals surface area contributed by atoms with Crippen LogP contribution in [-0.4, -0.2) is 21.9 Å². The first kappa shape index (κ1) is 13.7. The molecule has 2 N–H and O–H groups in total. The second-order valence-electron chi connectivity index (χ2n) is 4.24. The van der Waals surface area contributed by atoms with E-state index in [4.69, 9.17) is 0 Å². The molecule has 20 heavy (non-hydrogen) atoms. The van der Waals surface area contributed by atoms with Crippen molar-refractivity contribution in [3.8, 4) is 0 Å². The molecule has 0 saturated heterocycles. The first-order valence-corrected chi connectivity index (χ1v) is 6.04. The second kappa shape index (κ2) is 5.92. The molecule has 102 valence electrons. The molecule has 0 spiro atoms. The summed E-state index contributed by atoms with van der Waals surface area (Å²) in [6.07, 6.45) is 0. The second-order valence-corrected chi connectivity index (χ2v) is 4.24. The van der Waals surface area contributed by atoms with Gasteiger partial charge in [0, 0.05) is 18.2 Å². The van der Waals surface area contributed by atoms with Gasteiger partial charge in [0.2, 0.25) is 5.91 Å². The zero-order valence-electron chi connectivity index (χ0n) is 11.2. The number of nitrogens with zero attached hydrogens (tertiary/aromatic N) is 2. The Hall–Kier alpha value is -2.76. The van der Waals surface area contributed by atoms with E-state index >= 15 is 0 Å². The minimum Gasteiger partial charge on any atom is -0.339 e. The number of rotatable bonds is 4. The van der Waals surface area contributed by atoms with Crippen molar-refractivity contribution in [3.05, 3.63) is 42.0 Å². The van der Waals surface area contributed by atoms with Crippen molar-refractivity contribution in [2.45, 2.75) is 13.8 Å². The number of carbonyl (C=O) groups excluding carboxylic acids is 2. The predicted octanol–water partition coefficient (Wildman–Crippen LogP) is 2.38. The van der Waals surface area contributed by atoms with Crippen LogP contribution in [0.5, 0.6) is 0 Å². The van der Waals surface area contributed by atoms with Crippen molar-refractivity contribution in [2.24, 2.45) is 0 Å². The lowest BCUT2D eigenvalue weighted by molar-refractivity contribution is -0.114. The SMILES string of the molecule is CC(=O)Nc1ccc(Nc2ccc(C(C)=O)cc2)nn1. The molecule has 0 radical (unpaired) electrons. The van der Waals surface area contributed by atoms with Gasteiger partial charge in [0.1, 0.15) is 0 Å². The van der Waals surface area contributed by atoms with E-state index in [9.17, 15) is 9.59 Å². The Balaban J connectivity index is 2.06. The summed E-state index contributed by atoms with van der Waals surface area (Å²) in [7, 11) is 0. The highest BCUT2D eigenvalue weighted by molar-refractivity contribution is 5.94. The van der Waals surface area contributed by atoms with E-state index in [1.807, 2.05) is 0 Å². The molecule has 0 fully saturated rings. The van der Waals surface area contributed by atoms with Gasteiger partial charge in [0.25, 0.3) is 0 Å². The summed E-state index contributed by atoms with van der Waals surface area (Å²) in [5, 5.41) is 13.4. The number of ketones is 1. The predicted molar refractivity (Wildman–Crippen MR) is 76.1 cm³/mol. The fourth-order valence-electron chi connectivity index (χ4n) is 1.58. The lowest BCUT2D eigenvalue weighted by atomic mass is 10.1. The average molecular weight is 270 g/mol. The lowest BCUT2D eigenvalue weighted by Gasteiger charge is -2.06. The molecule has 0 aliphatic carbocycles. The van der Waals surface area contributed by atoms with Crippen molar-refractivity contribution in [1.29, 1.82) is 0 Å². The molecule has 0 aliphatic rings. The summed E-state index contributed by atoms with van der Waals surface area (Å²) in [4.78, 5) is 22.0. The zero-order valence-corrected chi connectivity index (χ0v) is 11.2. The maximum Gasteiger partial charge on any atom is 0.222 e. The Morgan fingerprint density at radius 1 is 0.900 bits per heavy atom. The van der Waals surface area contributed by atoms with Crippen LogP contribution in [0.1, 0.15) is 24.2 Å². The third-order valence-corrected chi connectivity index (χ3v) is 2.53. The number of carbonyl (C=O) groups is 2. The van der Waals surface area contributed by atoms with E-state index in [-0.39, 0.29) is 11.7 Å². The molecule has 0 saturated carbocycles.